The van der Waals surface area contributed by atoms with Crippen LogP contribution < -0.4 is 10.1 Å². The van der Waals surface area contributed by atoms with Crippen LogP contribution >= 0.6 is 0 Å². The van der Waals surface area contributed by atoms with E-state index < -0.39 is 23.8 Å². The Morgan fingerprint density at radius 1 is 1.43 bits per heavy atom. The second kappa shape index (κ2) is 6.56. The molecule has 1 aliphatic carbocycles. The number of ether oxygens (including phenoxy) is 1. The normalized spacial score (nSPS) is 22.6. The van der Waals surface area contributed by atoms with Gasteiger partial charge in [-0.3, -0.25) is 9.59 Å². The number of rotatable bonds is 5. The van der Waals surface area contributed by atoms with E-state index in [4.69, 9.17) is 9.84 Å². The summed E-state index contributed by atoms with van der Waals surface area (Å²) in [5.41, 5.74) is 0. The maximum absolute atomic E-state index is 13.0. The zero-order valence-corrected chi connectivity index (χ0v) is 11.7. The van der Waals surface area contributed by atoms with Crippen molar-refractivity contribution < 1.29 is 23.8 Å². The number of nitrogens with one attached hydrogen (secondary N) is 1. The standard InChI is InChI=1S/C15H18FNO4/c1-9(21-13-4-2-3-11(16)8-13)14(18)17-12-6-5-10(7-12)15(19)20/h2-4,8-10,12H,5-7H2,1H3,(H,17,18)(H,19,20). The van der Waals surface area contributed by atoms with Crippen LogP contribution in [0.2, 0.25) is 0 Å². The number of carboxylic acid groups (broad SMARTS) is 1. The van der Waals surface area contributed by atoms with Crippen molar-refractivity contribution in [2.45, 2.75) is 38.3 Å². The van der Waals surface area contributed by atoms with E-state index in [-0.39, 0.29) is 17.7 Å². The molecule has 0 radical (unpaired) electrons. The van der Waals surface area contributed by atoms with E-state index in [1.807, 2.05) is 0 Å². The number of carbonyl (C=O) groups excluding carboxylic acids is 1. The molecule has 0 spiro atoms. The lowest BCUT2D eigenvalue weighted by molar-refractivity contribution is -0.141. The highest BCUT2D eigenvalue weighted by atomic mass is 19.1. The van der Waals surface area contributed by atoms with E-state index in [9.17, 15) is 14.0 Å². The lowest BCUT2D eigenvalue weighted by Crippen LogP contribution is -2.41. The van der Waals surface area contributed by atoms with Crippen LogP contribution in [0.3, 0.4) is 0 Å². The van der Waals surface area contributed by atoms with Crippen LogP contribution in [0.1, 0.15) is 26.2 Å². The fraction of sp³-hybridized carbons (Fsp3) is 0.467. The molecule has 1 amide bonds. The Morgan fingerprint density at radius 3 is 2.81 bits per heavy atom. The number of halogens is 1. The van der Waals surface area contributed by atoms with Gasteiger partial charge in [0.05, 0.1) is 5.92 Å². The Labute approximate surface area is 122 Å². The number of aliphatic carboxylic acids is 1. The molecule has 0 aromatic heterocycles. The number of amides is 1. The summed E-state index contributed by atoms with van der Waals surface area (Å²) in [5.74, 6) is -1.69. The van der Waals surface area contributed by atoms with Crippen molar-refractivity contribution in [3.05, 3.63) is 30.1 Å². The Morgan fingerprint density at radius 2 is 2.19 bits per heavy atom. The van der Waals surface area contributed by atoms with Crippen LogP contribution in [0, 0.1) is 11.7 Å². The molecule has 21 heavy (non-hydrogen) atoms. The van der Waals surface area contributed by atoms with Crippen LogP contribution in [-0.4, -0.2) is 29.1 Å². The lowest BCUT2D eigenvalue weighted by Gasteiger charge is -2.18. The van der Waals surface area contributed by atoms with Crippen LogP contribution in [0.4, 0.5) is 4.39 Å². The van der Waals surface area contributed by atoms with E-state index in [0.717, 1.165) is 0 Å². The SMILES string of the molecule is CC(Oc1cccc(F)c1)C(=O)NC1CCC(C(=O)O)C1. The highest BCUT2D eigenvalue weighted by molar-refractivity contribution is 5.81. The first-order valence-corrected chi connectivity index (χ1v) is 6.91. The molecule has 1 aromatic carbocycles. The molecule has 1 fully saturated rings. The third-order valence-electron chi connectivity index (χ3n) is 3.61. The first-order valence-electron chi connectivity index (χ1n) is 6.91. The second-order valence-corrected chi connectivity index (χ2v) is 5.27. The van der Waals surface area contributed by atoms with Gasteiger partial charge in [-0.2, -0.15) is 0 Å². The zero-order chi connectivity index (χ0) is 15.4. The number of hydrogen-bond acceptors (Lipinski definition) is 3. The summed E-state index contributed by atoms with van der Waals surface area (Å²) in [7, 11) is 0. The van der Waals surface area contributed by atoms with Gasteiger partial charge >= 0.3 is 5.97 Å². The molecule has 1 aliphatic rings. The van der Waals surface area contributed by atoms with Crippen molar-refractivity contribution in [1.29, 1.82) is 0 Å². The predicted octanol–water partition coefficient (Wildman–Crippen LogP) is 1.96. The fourth-order valence-electron chi connectivity index (χ4n) is 2.45. The van der Waals surface area contributed by atoms with Gasteiger partial charge in [0.15, 0.2) is 6.10 Å². The minimum Gasteiger partial charge on any atom is -0.481 e. The van der Waals surface area contributed by atoms with Gasteiger partial charge in [0.25, 0.3) is 5.91 Å². The highest BCUT2D eigenvalue weighted by Crippen LogP contribution is 2.25. The number of benzene rings is 1. The van der Waals surface area contributed by atoms with Crippen LogP contribution in [0.15, 0.2) is 24.3 Å². The number of hydrogen-bond donors (Lipinski definition) is 2. The number of carboxylic acids is 1. The first kappa shape index (κ1) is 15.3. The molecule has 2 N–H and O–H groups in total. The molecule has 0 bridgehead atoms. The average Bonchev–Trinajstić information content (AvgIpc) is 2.87. The Bertz CT molecular complexity index is 534. The third-order valence-corrected chi connectivity index (χ3v) is 3.61. The zero-order valence-electron chi connectivity index (χ0n) is 11.7. The summed E-state index contributed by atoms with van der Waals surface area (Å²) < 4.78 is 18.4. The summed E-state index contributed by atoms with van der Waals surface area (Å²) >= 11 is 0. The summed E-state index contributed by atoms with van der Waals surface area (Å²) in [6.45, 7) is 1.57. The Balaban J connectivity index is 1.84. The molecular formula is C15H18FNO4. The average molecular weight is 295 g/mol. The van der Waals surface area contributed by atoms with Gasteiger partial charge in [-0.05, 0) is 38.3 Å². The summed E-state index contributed by atoms with van der Waals surface area (Å²) in [6, 6.07) is 5.44. The molecule has 1 saturated carbocycles. The van der Waals surface area contributed by atoms with Gasteiger partial charge in [0, 0.05) is 12.1 Å². The van der Waals surface area contributed by atoms with E-state index in [1.54, 1.807) is 13.0 Å². The van der Waals surface area contributed by atoms with E-state index >= 15 is 0 Å². The summed E-state index contributed by atoms with van der Waals surface area (Å²) in [5, 5.41) is 11.7. The Kier molecular flexibility index (Phi) is 4.77. The van der Waals surface area contributed by atoms with Gasteiger partial charge in [-0.1, -0.05) is 6.07 Å². The molecule has 0 saturated heterocycles. The molecule has 3 atom stereocenters. The van der Waals surface area contributed by atoms with Gasteiger partial charge in [-0.15, -0.1) is 0 Å². The molecule has 0 aliphatic heterocycles. The van der Waals surface area contributed by atoms with Crippen LogP contribution in [0.25, 0.3) is 0 Å². The lowest BCUT2D eigenvalue weighted by atomic mass is 10.1. The van der Waals surface area contributed by atoms with E-state index in [0.29, 0.717) is 19.3 Å². The molecule has 2 rings (SSSR count). The first-order chi connectivity index (χ1) is 9.95. The van der Waals surface area contributed by atoms with Crippen LogP contribution in [0.5, 0.6) is 5.75 Å². The maximum Gasteiger partial charge on any atom is 0.306 e. The van der Waals surface area contributed by atoms with Crippen molar-refractivity contribution >= 4 is 11.9 Å². The smallest absolute Gasteiger partial charge is 0.306 e. The van der Waals surface area contributed by atoms with Crippen LogP contribution in [-0.2, 0) is 9.59 Å². The molecule has 0 heterocycles. The molecule has 6 heteroatoms. The Hall–Kier alpha value is -2.11. The molecule has 3 unspecified atom stereocenters. The van der Waals surface area contributed by atoms with E-state index in [2.05, 4.69) is 5.32 Å². The van der Waals surface area contributed by atoms with Crippen molar-refractivity contribution in [1.82, 2.24) is 5.32 Å². The third kappa shape index (κ3) is 4.18. The maximum atomic E-state index is 13.0. The summed E-state index contributed by atoms with van der Waals surface area (Å²) in [6.07, 6.45) is 0.887. The molecular weight excluding hydrogens is 277 g/mol. The topological polar surface area (TPSA) is 75.6 Å². The monoisotopic (exact) mass is 295 g/mol. The largest absolute Gasteiger partial charge is 0.481 e. The second-order valence-electron chi connectivity index (χ2n) is 5.27. The molecule has 1 aromatic rings. The molecule has 5 nitrogen and oxygen atoms in total. The van der Waals surface area contributed by atoms with Gasteiger partial charge in [0.1, 0.15) is 11.6 Å². The minimum atomic E-state index is -0.823. The van der Waals surface area contributed by atoms with Crippen molar-refractivity contribution in [2.75, 3.05) is 0 Å². The number of carbonyl (C=O) groups is 2. The van der Waals surface area contributed by atoms with Crippen molar-refractivity contribution in [3.8, 4) is 5.75 Å². The molecule has 114 valence electrons. The fourth-order valence-corrected chi connectivity index (χ4v) is 2.45. The van der Waals surface area contributed by atoms with E-state index in [1.165, 1.54) is 18.2 Å². The van der Waals surface area contributed by atoms with Crippen molar-refractivity contribution in [2.24, 2.45) is 5.92 Å². The summed E-state index contributed by atoms with van der Waals surface area (Å²) in [4.78, 5) is 22.9. The van der Waals surface area contributed by atoms with Crippen molar-refractivity contribution in [3.63, 3.8) is 0 Å². The van der Waals surface area contributed by atoms with Gasteiger partial charge < -0.3 is 15.2 Å². The quantitative estimate of drug-likeness (QED) is 0.870. The van der Waals surface area contributed by atoms with Gasteiger partial charge in [0.2, 0.25) is 0 Å². The minimum absolute atomic E-state index is 0.142. The predicted molar refractivity (Wildman–Crippen MR) is 73.4 cm³/mol. The highest BCUT2D eigenvalue weighted by Gasteiger charge is 2.31. The van der Waals surface area contributed by atoms with Gasteiger partial charge in [-0.25, -0.2) is 4.39 Å².